The highest BCUT2D eigenvalue weighted by atomic mass is 19.2. The molecule has 0 saturated heterocycles. The van der Waals surface area contributed by atoms with Crippen molar-refractivity contribution in [2.24, 2.45) is 0 Å². The second kappa shape index (κ2) is 5.51. The summed E-state index contributed by atoms with van der Waals surface area (Å²) in [5.74, 6) is -6.96. The molecule has 1 atom stereocenters. The molecule has 19 heavy (non-hydrogen) atoms. The van der Waals surface area contributed by atoms with Crippen molar-refractivity contribution in [2.45, 2.75) is 12.8 Å². The van der Waals surface area contributed by atoms with Gasteiger partial charge >= 0.3 is 5.97 Å². The molecule has 0 aliphatic carbocycles. The molecule has 1 unspecified atom stereocenters. The van der Waals surface area contributed by atoms with Crippen molar-refractivity contribution in [3.8, 4) is 0 Å². The highest BCUT2D eigenvalue weighted by molar-refractivity contribution is 6.04. The van der Waals surface area contributed by atoms with Crippen LogP contribution in [0.4, 0.5) is 14.5 Å². The Kier molecular flexibility index (Phi) is 4.26. The zero-order chi connectivity index (χ0) is 14.7. The number of halogens is 2. The summed E-state index contributed by atoms with van der Waals surface area (Å²) in [6.07, 6.45) is 0. The molecule has 6 nitrogen and oxygen atoms in total. The van der Waals surface area contributed by atoms with Gasteiger partial charge in [-0.3, -0.25) is 19.7 Å². The molecule has 102 valence electrons. The summed E-state index contributed by atoms with van der Waals surface area (Å²) >= 11 is 0. The van der Waals surface area contributed by atoms with E-state index in [-0.39, 0.29) is 0 Å². The summed E-state index contributed by atoms with van der Waals surface area (Å²) in [4.78, 5) is 32.6. The normalized spacial score (nSPS) is 11.8. The zero-order valence-corrected chi connectivity index (χ0v) is 9.98. The van der Waals surface area contributed by atoms with Gasteiger partial charge in [0.1, 0.15) is 11.7 Å². The summed E-state index contributed by atoms with van der Waals surface area (Å²) in [5.41, 5.74) is -1.78. The van der Waals surface area contributed by atoms with Crippen molar-refractivity contribution in [2.75, 3.05) is 7.11 Å². The lowest BCUT2D eigenvalue weighted by Gasteiger charge is -2.13. The van der Waals surface area contributed by atoms with Crippen molar-refractivity contribution in [1.29, 1.82) is 0 Å². The Morgan fingerprint density at radius 2 is 1.95 bits per heavy atom. The molecule has 0 amide bonds. The molecule has 1 rings (SSSR count). The number of carbonyl (C=O) groups excluding carboxylic acids is 2. The van der Waals surface area contributed by atoms with E-state index in [0.29, 0.717) is 12.1 Å². The smallest absolute Gasteiger partial charge is 0.321 e. The van der Waals surface area contributed by atoms with Crippen LogP contribution in [-0.2, 0) is 14.3 Å². The average Bonchev–Trinajstić information content (AvgIpc) is 2.33. The number of hydrogen-bond donors (Lipinski definition) is 0. The standard InChI is InChI=1S/C11H9F2NO5/c1-5(15)8(11(16)19-2)9-7(14(17)18)4-3-6(12)10(9)13/h3-4,8H,1-2H3. The number of methoxy groups -OCH3 is 1. The molecule has 0 fully saturated rings. The second-order valence-corrected chi connectivity index (χ2v) is 3.62. The van der Waals surface area contributed by atoms with E-state index in [2.05, 4.69) is 4.74 Å². The minimum absolute atomic E-state index is 0.547. The first kappa shape index (κ1) is 14.7. The Labute approximate surface area is 106 Å². The van der Waals surface area contributed by atoms with E-state index in [1.807, 2.05) is 0 Å². The van der Waals surface area contributed by atoms with Crippen LogP contribution in [0.1, 0.15) is 18.4 Å². The fourth-order valence-electron chi connectivity index (χ4n) is 1.59. The minimum Gasteiger partial charge on any atom is -0.468 e. The fraction of sp³-hybridized carbons (Fsp3) is 0.273. The number of ketones is 1. The van der Waals surface area contributed by atoms with Crippen molar-refractivity contribution in [1.82, 2.24) is 0 Å². The van der Waals surface area contributed by atoms with Crippen molar-refractivity contribution in [3.05, 3.63) is 39.4 Å². The second-order valence-electron chi connectivity index (χ2n) is 3.62. The van der Waals surface area contributed by atoms with Crippen molar-refractivity contribution < 1.29 is 28.0 Å². The number of esters is 1. The number of nitro groups is 1. The van der Waals surface area contributed by atoms with E-state index < -0.39 is 45.5 Å². The Bertz CT molecular complexity index is 558. The van der Waals surface area contributed by atoms with Crippen LogP contribution >= 0.6 is 0 Å². The molecule has 0 bridgehead atoms. The number of benzene rings is 1. The number of nitrogens with zero attached hydrogens (tertiary/aromatic N) is 1. The first-order valence-electron chi connectivity index (χ1n) is 5.01. The predicted molar refractivity (Wildman–Crippen MR) is 58.5 cm³/mol. The molecular weight excluding hydrogens is 264 g/mol. The fourth-order valence-corrected chi connectivity index (χ4v) is 1.59. The monoisotopic (exact) mass is 273 g/mol. The number of rotatable bonds is 4. The maximum absolute atomic E-state index is 13.7. The largest absolute Gasteiger partial charge is 0.468 e. The van der Waals surface area contributed by atoms with E-state index in [1.165, 1.54) is 0 Å². The highest BCUT2D eigenvalue weighted by Crippen LogP contribution is 2.32. The molecule has 0 saturated carbocycles. The van der Waals surface area contributed by atoms with Gasteiger partial charge in [0.15, 0.2) is 11.6 Å². The number of nitro benzene ring substituents is 1. The number of hydrogen-bond acceptors (Lipinski definition) is 5. The third-order valence-corrected chi connectivity index (χ3v) is 2.44. The van der Waals surface area contributed by atoms with E-state index in [9.17, 15) is 28.5 Å². The summed E-state index contributed by atoms with van der Waals surface area (Å²) < 4.78 is 31.1. The molecule has 0 aromatic heterocycles. The highest BCUT2D eigenvalue weighted by Gasteiger charge is 2.36. The number of ether oxygens (including phenoxy) is 1. The first-order chi connectivity index (χ1) is 8.81. The van der Waals surface area contributed by atoms with Crippen molar-refractivity contribution >= 4 is 17.4 Å². The van der Waals surface area contributed by atoms with Crippen LogP contribution in [0.5, 0.6) is 0 Å². The minimum atomic E-state index is -1.87. The molecule has 1 aromatic rings. The zero-order valence-electron chi connectivity index (χ0n) is 9.98. The SMILES string of the molecule is COC(=O)C(C(C)=O)c1c([N+](=O)[O-])ccc(F)c1F. The summed E-state index contributed by atoms with van der Waals surface area (Å²) in [6.45, 7) is 0.926. The first-order valence-corrected chi connectivity index (χ1v) is 5.01. The molecular formula is C11H9F2NO5. The van der Waals surface area contributed by atoms with Gasteiger partial charge in [-0.05, 0) is 13.0 Å². The van der Waals surface area contributed by atoms with Gasteiger partial charge in [-0.1, -0.05) is 0 Å². The molecule has 0 N–H and O–H groups in total. The van der Waals surface area contributed by atoms with Crippen LogP contribution in [0.15, 0.2) is 12.1 Å². The molecule has 0 radical (unpaired) electrons. The van der Waals surface area contributed by atoms with Crippen LogP contribution < -0.4 is 0 Å². The summed E-state index contributed by atoms with van der Waals surface area (Å²) in [7, 11) is 0.932. The Hall–Kier alpha value is -2.38. The van der Waals surface area contributed by atoms with Gasteiger partial charge < -0.3 is 4.74 Å². The van der Waals surface area contributed by atoms with Crippen LogP contribution in [0.3, 0.4) is 0 Å². The van der Waals surface area contributed by atoms with Gasteiger partial charge in [-0.25, -0.2) is 8.78 Å². The van der Waals surface area contributed by atoms with E-state index in [1.54, 1.807) is 0 Å². The molecule has 1 aromatic carbocycles. The maximum Gasteiger partial charge on any atom is 0.321 e. The van der Waals surface area contributed by atoms with Crippen LogP contribution in [0.25, 0.3) is 0 Å². The average molecular weight is 273 g/mol. The number of Topliss-reactive ketones (excluding diaryl/α,β-unsaturated/α-hetero) is 1. The van der Waals surface area contributed by atoms with E-state index >= 15 is 0 Å². The van der Waals surface area contributed by atoms with Gasteiger partial charge in [0.2, 0.25) is 0 Å². The lowest BCUT2D eigenvalue weighted by atomic mass is 9.93. The molecule has 0 aliphatic rings. The van der Waals surface area contributed by atoms with Gasteiger partial charge in [0.05, 0.1) is 17.6 Å². The Morgan fingerprint density at radius 1 is 1.37 bits per heavy atom. The lowest BCUT2D eigenvalue weighted by molar-refractivity contribution is -0.385. The molecule has 8 heteroatoms. The van der Waals surface area contributed by atoms with Crippen LogP contribution in [0.2, 0.25) is 0 Å². The molecule has 0 spiro atoms. The van der Waals surface area contributed by atoms with E-state index in [4.69, 9.17) is 0 Å². The Morgan fingerprint density at radius 3 is 2.37 bits per heavy atom. The van der Waals surface area contributed by atoms with Crippen LogP contribution in [0, 0.1) is 21.7 Å². The van der Waals surface area contributed by atoms with Gasteiger partial charge in [0.25, 0.3) is 5.69 Å². The number of carbonyl (C=O) groups is 2. The predicted octanol–water partition coefficient (Wildman–Crippen LogP) is 1.72. The summed E-state index contributed by atoms with van der Waals surface area (Å²) in [5, 5.41) is 10.8. The molecule has 0 heterocycles. The van der Waals surface area contributed by atoms with Crippen molar-refractivity contribution in [3.63, 3.8) is 0 Å². The third-order valence-electron chi connectivity index (χ3n) is 2.44. The lowest BCUT2D eigenvalue weighted by Crippen LogP contribution is -2.23. The topological polar surface area (TPSA) is 86.5 Å². The summed E-state index contributed by atoms with van der Waals surface area (Å²) in [6, 6.07) is 1.23. The third kappa shape index (κ3) is 2.72. The van der Waals surface area contributed by atoms with Crippen LogP contribution in [-0.4, -0.2) is 23.8 Å². The quantitative estimate of drug-likeness (QED) is 0.361. The molecule has 0 aliphatic heterocycles. The van der Waals surface area contributed by atoms with Gasteiger partial charge in [0, 0.05) is 6.07 Å². The van der Waals surface area contributed by atoms with E-state index in [0.717, 1.165) is 14.0 Å². The Balaban J connectivity index is 3.61. The van der Waals surface area contributed by atoms with Gasteiger partial charge in [-0.2, -0.15) is 0 Å². The maximum atomic E-state index is 13.7. The van der Waals surface area contributed by atoms with Gasteiger partial charge in [-0.15, -0.1) is 0 Å².